The summed E-state index contributed by atoms with van der Waals surface area (Å²) in [6, 6.07) is 11.0. The molecular weight excluding hydrogens is 566 g/mol. The summed E-state index contributed by atoms with van der Waals surface area (Å²) in [5.74, 6) is -0.0851. The number of piperidine rings is 1. The molecule has 0 spiro atoms. The van der Waals surface area contributed by atoms with Gasteiger partial charge in [0.1, 0.15) is 6.04 Å². The predicted molar refractivity (Wildman–Crippen MR) is 170 cm³/mol. The van der Waals surface area contributed by atoms with Gasteiger partial charge in [0.2, 0.25) is 5.91 Å². The van der Waals surface area contributed by atoms with Crippen molar-refractivity contribution in [2.75, 3.05) is 56.9 Å². The van der Waals surface area contributed by atoms with E-state index in [0.29, 0.717) is 68.7 Å². The lowest BCUT2D eigenvalue weighted by molar-refractivity contribution is -0.135. The maximum atomic E-state index is 13.8. The van der Waals surface area contributed by atoms with Crippen LogP contribution in [0.5, 0.6) is 0 Å². The van der Waals surface area contributed by atoms with E-state index in [4.69, 9.17) is 17.3 Å². The standard InChI is InChI=1S/C32H44ClN7O3/c1-21(2)37-14-16-38(17-15-37)30(41)28(20-23-18-22(3)29(34)26(33)19-23)36-31(42)39-11-9-25(10-12-39)40-13-8-24-6-4-5-7-27(24)35-32(40)43/h4-7,18-19,21,25,28H,8-17,20,34H2,1-3H3,(H,35,43)(H,36,42)/t28-/m1/s1. The number of amides is 5. The minimum absolute atomic E-state index is 0.0490. The fourth-order valence-corrected chi connectivity index (χ4v) is 6.71. The van der Waals surface area contributed by atoms with E-state index in [1.54, 1.807) is 11.0 Å². The summed E-state index contributed by atoms with van der Waals surface area (Å²) in [6.07, 6.45) is 2.47. The molecular formula is C32H44ClN7O3. The van der Waals surface area contributed by atoms with Crippen LogP contribution < -0.4 is 16.4 Å². The van der Waals surface area contributed by atoms with Crippen molar-refractivity contribution in [3.63, 3.8) is 0 Å². The molecule has 0 unspecified atom stereocenters. The normalized spacial score (nSPS) is 19.1. The highest BCUT2D eigenvalue weighted by molar-refractivity contribution is 6.33. The molecule has 5 amide bonds. The van der Waals surface area contributed by atoms with Crippen LogP contribution in [-0.2, 0) is 17.6 Å². The Labute approximate surface area is 259 Å². The smallest absolute Gasteiger partial charge is 0.322 e. The third kappa shape index (κ3) is 7.18. The fourth-order valence-electron chi connectivity index (χ4n) is 6.42. The van der Waals surface area contributed by atoms with Crippen molar-refractivity contribution in [1.82, 2.24) is 24.9 Å². The lowest BCUT2D eigenvalue weighted by Gasteiger charge is -2.40. The average Bonchev–Trinajstić information content (AvgIpc) is 3.17. The lowest BCUT2D eigenvalue weighted by Crippen LogP contribution is -2.58. The largest absolute Gasteiger partial charge is 0.397 e. The van der Waals surface area contributed by atoms with Gasteiger partial charge in [0.05, 0.1) is 10.7 Å². The molecule has 3 heterocycles. The summed E-state index contributed by atoms with van der Waals surface area (Å²) in [7, 11) is 0. The summed E-state index contributed by atoms with van der Waals surface area (Å²) in [5, 5.41) is 6.55. The van der Waals surface area contributed by atoms with Crippen molar-refractivity contribution in [3.8, 4) is 0 Å². The van der Waals surface area contributed by atoms with Gasteiger partial charge in [-0.2, -0.15) is 0 Å². The van der Waals surface area contributed by atoms with E-state index in [1.807, 2.05) is 47.1 Å². The number of carbonyl (C=O) groups excluding carboxylic acids is 3. The number of fused-ring (bicyclic) bond motifs is 1. The van der Waals surface area contributed by atoms with Crippen LogP contribution in [0, 0.1) is 6.92 Å². The van der Waals surface area contributed by atoms with Crippen molar-refractivity contribution in [2.45, 2.75) is 64.6 Å². The molecule has 0 bridgehead atoms. The number of urea groups is 2. The Hall–Kier alpha value is -3.50. The molecule has 1 atom stereocenters. The van der Waals surface area contributed by atoms with Gasteiger partial charge >= 0.3 is 12.1 Å². The number of nitrogen functional groups attached to an aromatic ring is 1. The van der Waals surface area contributed by atoms with Crippen LogP contribution in [0.3, 0.4) is 0 Å². The Bertz CT molecular complexity index is 1310. The van der Waals surface area contributed by atoms with Gasteiger partial charge in [-0.25, -0.2) is 9.59 Å². The van der Waals surface area contributed by atoms with E-state index >= 15 is 0 Å². The minimum atomic E-state index is -0.732. The van der Waals surface area contributed by atoms with Gasteiger partial charge in [-0.3, -0.25) is 9.69 Å². The number of likely N-dealkylation sites (tertiary alicyclic amines) is 1. The Morgan fingerprint density at radius 1 is 1.02 bits per heavy atom. The number of halogens is 1. The molecule has 0 saturated carbocycles. The number of nitrogens with two attached hydrogens (primary N) is 1. The van der Waals surface area contributed by atoms with Gasteiger partial charge in [-0.1, -0.05) is 35.9 Å². The number of hydrogen-bond acceptors (Lipinski definition) is 5. The zero-order valence-corrected chi connectivity index (χ0v) is 26.2. The third-order valence-electron chi connectivity index (χ3n) is 9.12. The first-order valence-electron chi connectivity index (χ1n) is 15.4. The topological polar surface area (TPSA) is 114 Å². The molecule has 2 saturated heterocycles. The van der Waals surface area contributed by atoms with Gasteiger partial charge in [0.15, 0.2) is 0 Å². The SMILES string of the molecule is Cc1cc(C[C@@H](NC(=O)N2CCC(N3CCc4ccccc4NC3=O)CC2)C(=O)N2CCN(C(C)C)CC2)cc(Cl)c1N. The van der Waals surface area contributed by atoms with Gasteiger partial charge < -0.3 is 31.1 Å². The molecule has 11 heteroatoms. The number of carbonyl (C=O) groups is 3. The van der Waals surface area contributed by atoms with E-state index in [2.05, 4.69) is 29.4 Å². The molecule has 3 aliphatic rings. The summed E-state index contributed by atoms with van der Waals surface area (Å²) < 4.78 is 0. The second kappa shape index (κ2) is 13.4. The third-order valence-corrected chi connectivity index (χ3v) is 9.44. The maximum Gasteiger partial charge on any atom is 0.322 e. The number of aryl methyl sites for hydroxylation is 1. The summed E-state index contributed by atoms with van der Waals surface area (Å²) in [4.78, 5) is 48.3. The summed E-state index contributed by atoms with van der Waals surface area (Å²) in [5.41, 5.74) is 10.3. The Balaban J connectivity index is 1.23. The van der Waals surface area contributed by atoms with Crippen LogP contribution >= 0.6 is 11.6 Å². The average molecular weight is 610 g/mol. The number of benzene rings is 2. The Kier molecular flexibility index (Phi) is 9.66. The first-order chi connectivity index (χ1) is 20.6. The fraction of sp³-hybridized carbons (Fsp3) is 0.531. The molecule has 0 radical (unpaired) electrons. The second-order valence-corrected chi connectivity index (χ2v) is 12.6. The van der Waals surface area contributed by atoms with Crippen LogP contribution in [0.4, 0.5) is 21.0 Å². The molecule has 4 N–H and O–H groups in total. The van der Waals surface area contributed by atoms with Crippen molar-refractivity contribution < 1.29 is 14.4 Å². The van der Waals surface area contributed by atoms with Gasteiger partial charge in [0.25, 0.3) is 0 Å². The Morgan fingerprint density at radius 2 is 1.72 bits per heavy atom. The highest BCUT2D eigenvalue weighted by Gasteiger charge is 2.34. The molecule has 2 aromatic carbocycles. The molecule has 43 heavy (non-hydrogen) atoms. The number of nitrogens with one attached hydrogen (secondary N) is 2. The first kappa shape index (κ1) is 30.9. The predicted octanol–water partition coefficient (Wildman–Crippen LogP) is 3.96. The van der Waals surface area contributed by atoms with Crippen LogP contribution in [0.1, 0.15) is 43.4 Å². The van der Waals surface area contributed by atoms with Crippen molar-refractivity contribution >= 4 is 40.9 Å². The van der Waals surface area contributed by atoms with E-state index in [9.17, 15) is 14.4 Å². The Morgan fingerprint density at radius 3 is 2.40 bits per heavy atom. The molecule has 2 aromatic rings. The van der Waals surface area contributed by atoms with Crippen LogP contribution in [0.2, 0.25) is 5.02 Å². The number of rotatable bonds is 6. The quantitative estimate of drug-likeness (QED) is 0.429. The maximum absolute atomic E-state index is 13.8. The molecule has 232 valence electrons. The zero-order chi connectivity index (χ0) is 30.7. The molecule has 0 aromatic heterocycles. The van der Waals surface area contributed by atoms with Crippen molar-refractivity contribution in [1.29, 1.82) is 0 Å². The highest BCUT2D eigenvalue weighted by Crippen LogP contribution is 2.27. The molecule has 3 aliphatic heterocycles. The lowest BCUT2D eigenvalue weighted by atomic mass is 10.0. The molecule has 0 aliphatic carbocycles. The molecule has 5 rings (SSSR count). The van der Waals surface area contributed by atoms with E-state index in [0.717, 1.165) is 41.9 Å². The van der Waals surface area contributed by atoms with Gasteiger partial charge in [-0.05, 0) is 68.9 Å². The first-order valence-corrected chi connectivity index (χ1v) is 15.8. The van der Waals surface area contributed by atoms with Crippen molar-refractivity contribution in [3.05, 3.63) is 58.1 Å². The van der Waals surface area contributed by atoms with E-state index in [-0.39, 0.29) is 24.0 Å². The number of hydrogen-bond donors (Lipinski definition) is 3. The second-order valence-electron chi connectivity index (χ2n) is 12.2. The number of nitrogens with zero attached hydrogens (tertiary/aromatic N) is 4. The summed E-state index contributed by atoms with van der Waals surface area (Å²) in [6.45, 7) is 10.7. The highest BCUT2D eigenvalue weighted by atomic mass is 35.5. The van der Waals surface area contributed by atoms with Crippen LogP contribution in [0.15, 0.2) is 36.4 Å². The minimum Gasteiger partial charge on any atom is -0.397 e. The zero-order valence-electron chi connectivity index (χ0n) is 25.4. The van der Waals surface area contributed by atoms with Gasteiger partial charge in [-0.15, -0.1) is 0 Å². The van der Waals surface area contributed by atoms with Crippen molar-refractivity contribution in [2.24, 2.45) is 0 Å². The van der Waals surface area contributed by atoms with E-state index < -0.39 is 6.04 Å². The van der Waals surface area contributed by atoms with Crippen LogP contribution in [-0.4, -0.2) is 102 Å². The number of para-hydroxylation sites is 1. The van der Waals surface area contributed by atoms with Gasteiger partial charge in [0, 0.05) is 70.0 Å². The van der Waals surface area contributed by atoms with Crippen LogP contribution in [0.25, 0.3) is 0 Å². The molecule has 2 fully saturated rings. The number of anilines is 2. The monoisotopic (exact) mass is 609 g/mol. The van der Waals surface area contributed by atoms with E-state index in [1.165, 1.54) is 0 Å². The molecule has 10 nitrogen and oxygen atoms in total. The summed E-state index contributed by atoms with van der Waals surface area (Å²) >= 11 is 6.37. The number of piperazine rings is 1.